The highest BCUT2D eigenvalue weighted by molar-refractivity contribution is 7.10. The number of H-pyrrole nitrogens is 1. The SMILES string of the molecule is Cc1cc(C#Cc2c(-c3cccc4c(C)c[nH]c34)cc(C)c3c2[C@H](C)[C@@H](O)C(C)(C)N3)cs1. The number of aryl methyl sites for hydroxylation is 3. The Kier molecular flexibility index (Phi) is 5.16. The van der Waals surface area contributed by atoms with Gasteiger partial charge in [0, 0.05) is 55.7 Å². The van der Waals surface area contributed by atoms with E-state index < -0.39 is 11.6 Å². The van der Waals surface area contributed by atoms with E-state index in [0.29, 0.717) is 0 Å². The first kappa shape index (κ1) is 21.8. The number of thiophene rings is 1. The molecule has 0 spiro atoms. The Balaban J connectivity index is 1.83. The van der Waals surface area contributed by atoms with Gasteiger partial charge in [0.25, 0.3) is 0 Å². The van der Waals surface area contributed by atoms with Gasteiger partial charge in [-0.25, -0.2) is 0 Å². The van der Waals surface area contributed by atoms with Crippen molar-refractivity contribution in [3.63, 3.8) is 0 Å². The lowest BCUT2D eigenvalue weighted by molar-refractivity contribution is 0.0868. The zero-order valence-corrected chi connectivity index (χ0v) is 20.9. The van der Waals surface area contributed by atoms with Crippen LogP contribution < -0.4 is 5.32 Å². The van der Waals surface area contributed by atoms with Crippen LogP contribution in [0.15, 0.2) is 41.9 Å². The Hall–Kier alpha value is -3.00. The molecule has 0 aliphatic carbocycles. The third-order valence-electron chi connectivity index (χ3n) is 6.95. The smallest absolute Gasteiger partial charge is 0.0831 e. The summed E-state index contributed by atoms with van der Waals surface area (Å²) < 4.78 is 0. The quantitative estimate of drug-likeness (QED) is 0.274. The first-order chi connectivity index (χ1) is 15.7. The minimum atomic E-state index is -0.521. The molecular formula is C29H30N2OS. The van der Waals surface area contributed by atoms with E-state index in [-0.39, 0.29) is 5.92 Å². The second-order valence-corrected chi connectivity index (χ2v) is 11.0. The van der Waals surface area contributed by atoms with Crippen molar-refractivity contribution in [3.05, 3.63) is 74.6 Å². The van der Waals surface area contributed by atoms with Crippen LogP contribution >= 0.6 is 11.3 Å². The fraction of sp³-hybridized carbons (Fsp3) is 0.310. The van der Waals surface area contributed by atoms with Crippen molar-refractivity contribution >= 4 is 27.9 Å². The summed E-state index contributed by atoms with van der Waals surface area (Å²) in [6.45, 7) is 12.6. The van der Waals surface area contributed by atoms with E-state index in [4.69, 9.17) is 0 Å². The van der Waals surface area contributed by atoms with Gasteiger partial charge in [0.15, 0.2) is 0 Å². The van der Waals surface area contributed by atoms with E-state index >= 15 is 0 Å². The highest BCUT2D eigenvalue weighted by Crippen LogP contribution is 2.46. The molecule has 3 heterocycles. The zero-order valence-electron chi connectivity index (χ0n) is 20.1. The minimum Gasteiger partial charge on any atom is -0.390 e. The molecule has 0 fully saturated rings. The lowest BCUT2D eigenvalue weighted by atomic mass is 9.75. The number of fused-ring (bicyclic) bond motifs is 2. The molecule has 168 valence electrons. The molecule has 33 heavy (non-hydrogen) atoms. The topological polar surface area (TPSA) is 48.0 Å². The molecule has 4 heteroatoms. The predicted molar refractivity (Wildman–Crippen MR) is 140 cm³/mol. The summed E-state index contributed by atoms with van der Waals surface area (Å²) in [6, 6.07) is 10.8. The molecule has 0 radical (unpaired) electrons. The summed E-state index contributed by atoms with van der Waals surface area (Å²) in [5.74, 6) is 6.90. The summed E-state index contributed by atoms with van der Waals surface area (Å²) in [4.78, 5) is 4.73. The van der Waals surface area contributed by atoms with Crippen LogP contribution in [0.5, 0.6) is 0 Å². The van der Waals surface area contributed by atoms with Gasteiger partial charge in [-0.05, 0) is 63.4 Å². The van der Waals surface area contributed by atoms with E-state index in [2.05, 4.69) is 106 Å². The maximum atomic E-state index is 11.2. The van der Waals surface area contributed by atoms with Crippen LogP contribution in [-0.2, 0) is 0 Å². The fourth-order valence-corrected chi connectivity index (χ4v) is 5.79. The average Bonchev–Trinajstić information content (AvgIpc) is 3.37. The molecule has 4 aromatic rings. The van der Waals surface area contributed by atoms with E-state index in [9.17, 15) is 5.11 Å². The van der Waals surface area contributed by atoms with Gasteiger partial charge in [0.2, 0.25) is 0 Å². The number of nitrogens with one attached hydrogen (secondary N) is 2. The number of aromatic amines is 1. The molecule has 2 atom stereocenters. The number of benzene rings is 2. The van der Waals surface area contributed by atoms with Crippen molar-refractivity contribution in [2.75, 3.05) is 5.32 Å². The van der Waals surface area contributed by atoms with Crippen molar-refractivity contribution in [2.45, 2.75) is 59.1 Å². The number of aromatic nitrogens is 1. The second-order valence-electron chi connectivity index (χ2n) is 9.88. The highest BCUT2D eigenvalue weighted by Gasteiger charge is 2.40. The highest BCUT2D eigenvalue weighted by atomic mass is 32.1. The van der Waals surface area contributed by atoms with E-state index in [1.807, 2.05) is 0 Å². The summed E-state index contributed by atoms with van der Waals surface area (Å²) in [6.07, 6.45) is 1.54. The van der Waals surface area contributed by atoms with Crippen molar-refractivity contribution < 1.29 is 5.11 Å². The summed E-state index contributed by atoms with van der Waals surface area (Å²) in [7, 11) is 0. The molecule has 0 unspecified atom stereocenters. The van der Waals surface area contributed by atoms with Crippen LogP contribution in [0.4, 0.5) is 5.69 Å². The molecule has 0 amide bonds. The second kappa shape index (κ2) is 7.80. The monoisotopic (exact) mass is 454 g/mol. The molecule has 2 aromatic carbocycles. The van der Waals surface area contributed by atoms with Crippen LogP contribution in [0.25, 0.3) is 22.0 Å². The Morgan fingerprint density at radius 3 is 2.55 bits per heavy atom. The van der Waals surface area contributed by atoms with Crippen LogP contribution in [0.1, 0.15) is 59.4 Å². The minimum absolute atomic E-state index is 0.0482. The van der Waals surface area contributed by atoms with Crippen molar-refractivity contribution in [3.8, 4) is 23.0 Å². The van der Waals surface area contributed by atoms with Gasteiger partial charge in [0.05, 0.1) is 17.2 Å². The van der Waals surface area contributed by atoms with Gasteiger partial charge in [-0.2, -0.15) is 0 Å². The predicted octanol–water partition coefficient (Wildman–Crippen LogP) is 6.89. The van der Waals surface area contributed by atoms with Gasteiger partial charge in [-0.3, -0.25) is 0 Å². The molecular weight excluding hydrogens is 424 g/mol. The molecule has 0 saturated heterocycles. The van der Waals surface area contributed by atoms with Crippen LogP contribution in [0, 0.1) is 32.6 Å². The van der Waals surface area contributed by atoms with E-state index in [1.54, 1.807) is 11.3 Å². The Morgan fingerprint density at radius 1 is 1.03 bits per heavy atom. The largest absolute Gasteiger partial charge is 0.390 e. The number of aliphatic hydroxyl groups excluding tert-OH is 1. The molecule has 0 bridgehead atoms. The number of para-hydroxylation sites is 1. The Bertz CT molecular complexity index is 1440. The fourth-order valence-electron chi connectivity index (χ4n) is 5.15. The van der Waals surface area contributed by atoms with Crippen molar-refractivity contribution in [1.29, 1.82) is 0 Å². The van der Waals surface area contributed by atoms with Gasteiger partial charge in [-0.15, -0.1) is 11.3 Å². The third-order valence-corrected chi connectivity index (χ3v) is 7.82. The lowest BCUT2D eigenvalue weighted by Crippen LogP contribution is -2.50. The molecule has 3 nitrogen and oxygen atoms in total. The first-order valence-electron chi connectivity index (χ1n) is 11.5. The maximum Gasteiger partial charge on any atom is 0.0831 e. The number of hydrogen-bond acceptors (Lipinski definition) is 3. The van der Waals surface area contributed by atoms with E-state index in [0.717, 1.165) is 39.0 Å². The van der Waals surface area contributed by atoms with Gasteiger partial charge >= 0.3 is 0 Å². The molecule has 0 saturated carbocycles. The zero-order chi connectivity index (χ0) is 23.5. The average molecular weight is 455 g/mol. The molecule has 5 rings (SSSR count). The summed E-state index contributed by atoms with van der Waals surface area (Å²) in [5, 5.41) is 18.1. The Labute approximate surface area is 199 Å². The maximum absolute atomic E-state index is 11.2. The van der Waals surface area contributed by atoms with Crippen LogP contribution in [0.3, 0.4) is 0 Å². The van der Waals surface area contributed by atoms with Gasteiger partial charge in [0.1, 0.15) is 0 Å². The number of hydrogen-bond donors (Lipinski definition) is 3. The van der Waals surface area contributed by atoms with Crippen LogP contribution in [0.2, 0.25) is 0 Å². The lowest BCUT2D eigenvalue weighted by Gasteiger charge is -2.43. The summed E-state index contributed by atoms with van der Waals surface area (Å²) >= 11 is 1.72. The standard InChI is InChI=1S/C29H30N2OS/c1-16-12-24(23-9-7-8-21-17(2)14-30-27(21)23)22(11-10-20-13-18(3)33-15-20)25-19(4)28(32)29(5,6)31-26(16)25/h7-9,12-15,19,28,30-32H,1-6H3/t19-,28+/m0/s1. The third kappa shape index (κ3) is 3.57. The Morgan fingerprint density at radius 2 is 1.82 bits per heavy atom. The van der Waals surface area contributed by atoms with Gasteiger partial charge in [-0.1, -0.05) is 37.0 Å². The van der Waals surface area contributed by atoms with Gasteiger partial charge < -0.3 is 15.4 Å². The molecule has 2 aromatic heterocycles. The molecule has 1 aliphatic rings. The number of anilines is 1. The van der Waals surface area contributed by atoms with Crippen molar-refractivity contribution in [1.82, 2.24) is 4.98 Å². The molecule has 1 aliphatic heterocycles. The summed E-state index contributed by atoms with van der Waals surface area (Å²) in [5.41, 5.74) is 9.60. The first-order valence-corrected chi connectivity index (χ1v) is 12.3. The number of aliphatic hydroxyl groups is 1. The van der Waals surface area contributed by atoms with E-state index in [1.165, 1.54) is 21.4 Å². The number of rotatable bonds is 1. The molecule has 3 N–H and O–H groups in total. The van der Waals surface area contributed by atoms with Crippen molar-refractivity contribution in [2.24, 2.45) is 0 Å². The van der Waals surface area contributed by atoms with Crippen LogP contribution in [-0.4, -0.2) is 21.7 Å². The normalized spacial score (nSPS) is 19.0.